The summed E-state index contributed by atoms with van der Waals surface area (Å²) in [4.78, 5) is 11.3. The molecule has 0 amide bonds. The first kappa shape index (κ1) is 10.8. The van der Waals surface area contributed by atoms with Gasteiger partial charge in [-0.25, -0.2) is 0 Å². The number of phenolic OH excluding ortho intramolecular Hbond substituents is 1. The lowest BCUT2D eigenvalue weighted by Crippen LogP contribution is -2.08. The zero-order valence-corrected chi connectivity index (χ0v) is 8.53. The number of benzene rings is 1. The average Bonchev–Trinajstić information content (AvgIpc) is 2.16. The monoisotopic (exact) mass is 191 g/mol. The molecule has 14 heavy (non-hydrogen) atoms. The Bertz CT molecular complexity index is 299. The van der Waals surface area contributed by atoms with Gasteiger partial charge in [0, 0.05) is 12.3 Å². The predicted molar refractivity (Wildman–Crippen MR) is 56.0 cm³/mol. The van der Waals surface area contributed by atoms with Crippen molar-refractivity contribution < 1.29 is 9.90 Å². The molecular formula is C12H15O2. The predicted octanol–water partition coefficient (Wildman–Crippen LogP) is 2.36. The number of aromatic hydroxyl groups is 1. The number of hydrogen-bond acceptors (Lipinski definition) is 2. The molecule has 0 heterocycles. The summed E-state index contributed by atoms with van der Waals surface area (Å²) >= 11 is 0. The molecule has 0 fully saturated rings. The summed E-state index contributed by atoms with van der Waals surface area (Å²) in [7, 11) is 0. The van der Waals surface area contributed by atoms with E-state index in [0.29, 0.717) is 6.42 Å². The number of phenols is 1. The van der Waals surface area contributed by atoms with Crippen LogP contribution in [0.15, 0.2) is 24.3 Å². The quantitative estimate of drug-likeness (QED) is 0.793. The zero-order chi connectivity index (χ0) is 10.6. The Hall–Kier alpha value is -1.31. The summed E-state index contributed by atoms with van der Waals surface area (Å²) in [5.41, 5.74) is 1.04. The van der Waals surface area contributed by atoms with Crippen LogP contribution in [0.4, 0.5) is 0 Å². The number of carbonyl (C=O) groups excluding carboxylic acids is 1. The lowest BCUT2D eigenvalue weighted by molar-refractivity contribution is -0.118. The molecule has 1 aromatic rings. The maximum atomic E-state index is 11.3. The summed E-state index contributed by atoms with van der Waals surface area (Å²) in [6, 6.07) is 6.89. The van der Waals surface area contributed by atoms with Crippen molar-refractivity contribution >= 4 is 5.78 Å². The molecular weight excluding hydrogens is 176 g/mol. The van der Waals surface area contributed by atoms with Crippen LogP contribution in [0.2, 0.25) is 0 Å². The Balaban J connectivity index is 2.46. The minimum Gasteiger partial charge on any atom is -0.508 e. The SMILES string of the molecule is CC(C)C(=O)[CH]Cc1ccc(O)cc1. The van der Waals surface area contributed by atoms with Gasteiger partial charge in [0.2, 0.25) is 0 Å². The molecule has 0 bridgehead atoms. The summed E-state index contributed by atoms with van der Waals surface area (Å²) in [6.45, 7) is 3.77. The second-order valence-electron chi connectivity index (χ2n) is 3.63. The molecule has 0 atom stereocenters. The van der Waals surface area contributed by atoms with Crippen molar-refractivity contribution in [3.8, 4) is 5.75 Å². The molecule has 0 aliphatic rings. The maximum Gasteiger partial charge on any atom is 0.139 e. The normalized spacial score (nSPS) is 10.5. The van der Waals surface area contributed by atoms with Crippen LogP contribution in [0, 0.1) is 12.3 Å². The van der Waals surface area contributed by atoms with E-state index in [1.54, 1.807) is 18.6 Å². The van der Waals surface area contributed by atoms with Crippen LogP contribution >= 0.6 is 0 Å². The molecule has 75 valence electrons. The van der Waals surface area contributed by atoms with E-state index >= 15 is 0 Å². The summed E-state index contributed by atoms with van der Waals surface area (Å²) in [5.74, 6) is 0.481. The molecule has 0 aliphatic heterocycles. The smallest absolute Gasteiger partial charge is 0.139 e. The third-order valence-electron chi connectivity index (χ3n) is 2.04. The molecule has 0 spiro atoms. The molecule has 1 N–H and O–H groups in total. The lowest BCUT2D eigenvalue weighted by Gasteiger charge is -2.03. The highest BCUT2D eigenvalue weighted by Crippen LogP contribution is 2.11. The first-order chi connectivity index (χ1) is 6.59. The molecule has 2 heteroatoms. The van der Waals surface area contributed by atoms with Crippen LogP contribution in [-0.2, 0) is 11.2 Å². The number of Topliss-reactive ketones (excluding diaryl/α,β-unsaturated/α-hetero) is 1. The van der Waals surface area contributed by atoms with Gasteiger partial charge in [-0.2, -0.15) is 0 Å². The molecule has 0 saturated carbocycles. The molecule has 1 rings (SSSR count). The molecule has 1 aromatic carbocycles. The highest BCUT2D eigenvalue weighted by atomic mass is 16.3. The second kappa shape index (κ2) is 4.80. The van der Waals surface area contributed by atoms with Crippen molar-refractivity contribution in [1.29, 1.82) is 0 Å². The molecule has 0 unspecified atom stereocenters. The van der Waals surface area contributed by atoms with Crippen molar-refractivity contribution in [2.45, 2.75) is 20.3 Å². The lowest BCUT2D eigenvalue weighted by atomic mass is 10.0. The Labute approximate surface area is 84.6 Å². The van der Waals surface area contributed by atoms with E-state index in [1.165, 1.54) is 0 Å². The van der Waals surface area contributed by atoms with Crippen LogP contribution in [0.3, 0.4) is 0 Å². The number of rotatable bonds is 4. The van der Waals surface area contributed by atoms with Crippen LogP contribution in [-0.4, -0.2) is 10.9 Å². The highest BCUT2D eigenvalue weighted by molar-refractivity contribution is 5.88. The van der Waals surface area contributed by atoms with E-state index < -0.39 is 0 Å². The summed E-state index contributed by atoms with van der Waals surface area (Å²) < 4.78 is 0. The fraction of sp³-hybridized carbons (Fsp3) is 0.333. The highest BCUT2D eigenvalue weighted by Gasteiger charge is 2.07. The van der Waals surface area contributed by atoms with Gasteiger partial charge in [0.25, 0.3) is 0 Å². The first-order valence-corrected chi connectivity index (χ1v) is 4.74. The van der Waals surface area contributed by atoms with Gasteiger partial charge in [-0.15, -0.1) is 0 Å². The Morgan fingerprint density at radius 1 is 1.36 bits per heavy atom. The fourth-order valence-corrected chi connectivity index (χ4v) is 1.09. The molecule has 0 aliphatic carbocycles. The van der Waals surface area contributed by atoms with E-state index in [1.807, 2.05) is 26.0 Å². The first-order valence-electron chi connectivity index (χ1n) is 4.74. The van der Waals surface area contributed by atoms with Gasteiger partial charge < -0.3 is 5.11 Å². The number of hydrogen-bond donors (Lipinski definition) is 1. The van der Waals surface area contributed by atoms with Crippen molar-refractivity contribution in [3.05, 3.63) is 36.2 Å². The van der Waals surface area contributed by atoms with Gasteiger partial charge >= 0.3 is 0 Å². The van der Waals surface area contributed by atoms with Gasteiger partial charge in [-0.1, -0.05) is 26.0 Å². The van der Waals surface area contributed by atoms with Crippen molar-refractivity contribution in [2.75, 3.05) is 0 Å². The van der Waals surface area contributed by atoms with E-state index in [4.69, 9.17) is 5.11 Å². The van der Waals surface area contributed by atoms with Crippen LogP contribution in [0.25, 0.3) is 0 Å². The van der Waals surface area contributed by atoms with Crippen molar-refractivity contribution in [1.82, 2.24) is 0 Å². The van der Waals surface area contributed by atoms with Gasteiger partial charge in [0.15, 0.2) is 0 Å². The van der Waals surface area contributed by atoms with E-state index in [0.717, 1.165) is 5.56 Å². The number of ketones is 1. The van der Waals surface area contributed by atoms with Crippen molar-refractivity contribution in [3.63, 3.8) is 0 Å². The Morgan fingerprint density at radius 3 is 2.43 bits per heavy atom. The molecule has 0 saturated heterocycles. The fourth-order valence-electron chi connectivity index (χ4n) is 1.09. The topological polar surface area (TPSA) is 37.3 Å². The Kier molecular flexibility index (Phi) is 3.69. The van der Waals surface area contributed by atoms with Crippen LogP contribution < -0.4 is 0 Å². The third kappa shape index (κ3) is 3.21. The third-order valence-corrected chi connectivity index (χ3v) is 2.04. The molecule has 2 nitrogen and oxygen atoms in total. The largest absolute Gasteiger partial charge is 0.508 e. The van der Waals surface area contributed by atoms with E-state index in [-0.39, 0.29) is 17.5 Å². The molecule has 0 aromatic heterocycles. The van der Waals surface area contributed by atoms with Crippen LogP contribution in [0.1, 0.15) is 19.4 Å². The minimum atomic E-state index is 0.0621. The summed E-state index contributed by atoms with van der Waals surface area (Å²) in [6.07, 6.45) is 2.33. The van der Waals surface area contributed by atoms with Gasteiger partial charge in [-0.05, 0) is 24.1 Å². The maximum absolute atomic E-state index is 11.3. The number of carbonyl (C=O) groups is 1. The zero-order valence-electron chi connectivity index (χ0n) is 8.53. The van der Waals surface area contributed by atoms with Gasteiger partial charge in [-0.3, -0.25) is 4.79 Å². The standard InChI is InChI=1S/C12H15O2/c1-9(2)12(14)8-5-10-3-6-11(13)7-4-10/h3-4,6-9,13H,5H2,1-2H3. The second-order valence-corrected chi connectivity index (χ2v) is 3.63. The average molecular weight is 191 g/mol. The Morgan fingerprint density at radius 2 is 1.93 bits per heavy atom. The van der Waals surface area contributed by atoms with Crippen LogP contribution in [0.5, 0.6) is 5.75 Å². The van der Waals surface area contributed by atoms with E-state index in [9.17, 15) is 4.79 Å². The van der Waals surface area contributed by atoms with Gasteiger partial charge in [0.05, 0.1) is 0 Å². The summed E-state index contributed by atoms with van der Waals surface area (Å²) in [5, 5.41) is 9.05. The van der Waals surface area contributed by atoms with Crippen molar-refractivity contribution in [2.24, 2.45) is 5.92 Å². The minimum absolute atomic E-state index is 0.0621. The van der Waals surface area contributed by atoms with E-state index in [2.05, 4.69) is 0 Å². The molecule has 1 radical (unpaired) electrons. The van der Waals surface area contributed by atoms with Gasteiger partial charge in [0.1, 0.15) is 11.5 Å².